The summed E-state index contributed by atoms with van der Waals surface area (Å²) in [5, 5.41) is 0. The van der Waals surface area contributed by atoms with Crippen LogP contribution in [-0.4, -0.2) is 53.3 Å². The SMILES string of the molecule is CN(c1ccccc1)[C@H]1COC2(CCN(Cc3ncc[nH]3)CC2)C1. The van der Waals surface area contributed by atoms with Crippen molar-refractivity contribution in [1.82, 2.24) is 14.9 Å². The second kappa shape index (κ2) is 6.57. The van der Waals surface area contributed by atoms with Gasteiger partial charge in [-0.25, -0.2) is 4.98 Å². The molecule has 0 saturated carbocycles. The highest BCUT2D eigenvalue weighted by atomic mass is 16.5. The molecule has 24 heavy (non-hydrogen) atoms. The van der Waals surface area contributed by atoms with Crippen LogP contribution in [0.15, 0.2) is 42.7 Å². The van der Waals surface area contributed by atoms with E-state index in [-0.39, 0.29) is 5.60 Å². The van der Waals surface area contributed by atoms with Gasteiger partial charge in [-0.3, -0.25) is 4.90 Å². The number of ether oxygens (including phenoxy) is 1. The standard InChI is InChI=1S/C19H26N4O/c1-22(16-5-3-2-4-6-16)17-13-19(24-15-17)7-11-23(12-8-19)14-18-20-9-10-21-18/h2-6,9-10,17H,7-8,11-15H2,1H3,(H,20,21)/t17-/m1/s1. The van der Waals surface area contributed by atoms with Gasteiger partial charge in [-0.05, 0) is 31.4 Å². The van der Waals surface area contributed by atoms with E-state index in [1.807, 2.05) is 12.4 Å². The normalized spacial score (nSPS) is 23.6. The first kappa shape index (κ1) is 15.7. The number of hydrogen-bond acceptors (Lipinski definition) is 4. The molecule has 5 nitrogen and oxygen atoms in total. The van der Waals surface area contributed by atoms with Crippen molar-refractivity contribution < 1.29 is 4.74 Å². The molecule has 128 valence electrons. The summed E-state index contributed by atoms with van der Waals surface area (Å²) in [6.45, 7) is 3.92. The number of hydrogen-bond donors (Lipinski definition) is 1. The summed E-state index contributed by atoms with van der Waals surface area (Å²) in [5.74, 6) is 1.06. The molecule has 5 heteroatoms. The molecule has 0 amide bonds. The van der Waals surface area contributed by atoms with E-state index in [0.29, 0.717) is 6.04 Å². The Morgan fingerprint density at radius 3 is 2.79 bits per heavy atom. The molecule has 0 unspecified atom stereocenters. The van der Waals surface area contributed by atoms with Crippen molar-refractivity contribution in [1.29, 1.82) is 0 Å². The second-order valence-corrected chi connectivity index (χ2v) is 7.11. The van der Waals surface area contributed by atoms with E-state index in [2.05, 4.69) is 57.1 Å². The smallest absolute Gasteiger partial charge is 0.120 e. The first-order valence-corrected chi connectivity index (χ1v) is 8.87. The van der Waals surface area contributed by atoms with Crippen molar-refractivity contribution in [3.8, 4) is 0 Å². The Hall–Kier alpha value is -1.85. The van der Waals surface area contributed by atoms with Crippen LogP contribution >= 0.6 is 0 Å². The van der Waals surface area contributed by atoms with Crippen LogP contribution in [-0.2, 0) is 11.3 Å². The van der Waals surface area contributed by atoms with Gasteiger partial charge in [-0.15, -0.1) is 0 Å². The topological polar surface area (TPSA) is 44.4 Å². The third kappa shape index (κ3) is 3.19. The van der Waals surface area contributed by atoms with Crippen LogP contribution in [0.1, 0.15) is 25.1 Å². The van der Waals surface area contributed by atoms with E-state index in [4.69, 9.17) is 4.74 Å². The predicted octanol–water partition coefficient (Wildman–Crippen LogP) is 2.67. The molecular formula is C19H26N4O. The summed E-state index contributed by atoms with van der Waals surface area (Å²) in [6.07, 6.45) is 7.09. The summed E-state index contributed by atoms with van der Waals surface area (Å²) < 4.78 is 6.33. The average molecular weight is 326 g/mol. The molecule has 1 spiro atoms. The largest absolute Gasteiger partial charge is 0.373 e. The fourth-order valence-electron chi connectivity index (χ4n) is 4.01. The number of benzene rings is 1. The van der Waals surface area contributed by atoms with Crippen LogP contribution in [0.5, 0.6) is 0 Å². The Morgan fingerprint density at radius 2 is 2.08 bits per heavy atom. The average Bonchev–Trinajstić information content (AvgIpc) is 3.28. The third-order valence-corrected chi connectivity index (χ3v) is 5.60. The van der Waals surface area contributed by atoms with Gasteiger partial charge < -0.3 is 14.6 Å². The van der Waals surface area contributed by atoms with Gasteiger partial charge in [0.2, 0.25) is 0 Å². The van der Waals surface area contributed by atoms with Gasteiger partial charge in [-0.2, -0.15) is 0 Å². The molecule has 2 fully saturated rings. The van der Waals surface area contributed by atoms with Crippen LogP contribution in [0.25, 0.3) is 0 Å². The van der Waals surface area contributed by atoms with E-state index >= 15 is 0 Å². The van der Waals surface area contributed by atoms with Gasteiger partial charge in [0.25, 0.3) is 0 Å². The summed E-state index contributed by atoms with van der Waals surface area (Å²) >= 11 is 0. The lowest BCUT2D eigenvalue weighted by Crippen LogP contribution is -2.44. The number of H-pyrrole nitrogens is 1. The lowest BCUT2D eigenvalue weighted by molar-refractivity contribution is -0.0451. The Balaban J connectivity index is 1.33. The number of imidazole rings is 1. The maximum atomic E-state index is 6.33. The van der Waals surface area contributed by atoms with Gasteiger partial charge in [0, 0.05) is 38.2 Å². The Bertz CT molecular complexity index is 635. The van der Waals surface area contributed by atoms with Crippen LogP contribution in [0, 0.1) is 0 Å². The molecule has 1 aromatic heterocycles. The summed E-state index contributed by atoms with van der Waals surface area (Å²) in [6, 6.07) is 11.1. The van der Waals surface area contributed by atoms with Gasteiger partial charge in [-0.1, -0.05) is 18.2 Å². The van der Waals surface area contributed by atoms with Gasteiger partial charge >= 0.3 is 0 Å². The number of nitrogens with zero attached hydrogens (tertiary/aromatic N) is 3. The van der Waals surface area contributed by atoms with Gasteiger partial charge in [0.1, 0.15) is 5.82 Å². The highest BCUT2D eigenvalue weighted by Crippen LogP contribution is 2.38. The minimum absolute atomic E-state index is 0.0768. The van der Waals surface area contributed by atoms with E-state index < -0.39 is 0 Å². The Kier molecular flexibility index (Phi) is 4.29. The minimum atomic E-state index is 0.0768. The van der Waals surface area contributed by atoms with Crippen LogP contribution in [0.2, 0.25) is 0 Å². The van der Waals surface area contributed by atoms with E-state index in [1.54, 1.807) is 0 Å². The van der Waals surface area contributed by atoms with Crippen molar-refractivity contribution in [2.24, 2.45) is 0 Å². The molecular weight excluding hydrogens is 300 g/mol. The molecule has 1 aromatic carbocycles. The molecule has 2 aliphatic rings. The molecule has 0 bridgehead atoms. The first-order valence-electron chi connectivity index (χ1n) is 8.87. The maximum Gasteiger partial charge on any atom is 0.120 e. The lowest BCUT2D eigenvalue weighted by atomic mass is 9.87. The number of aromatic amines is 1. The fourth-order valence-corrected chi connectivity index (χ4v) is 4.01. The van der Waals surface area contributed by atoms with Crippen LogP contribution in [0.3, 0.4) is 0 Å². The van der Waals surface area contributed by atoms with Crippen molar-refractivity contribution >= 4 is 5.69 Å². The highest BCUT2D eigenvalue weighted by Gasteiger charge is 2.43. The third-order valence-electron chi connectivity index (χ3n) is 5.60. The summed E-state index contributed by atoms with van der Waals surface area (Å²) in [7, 11) is 2.19. The molecule has 1 N–H and O–H groups in total. The monoisotopic (exact) mass is 326 g/mol. The number of likely N-dealkylation sites (tertiary alicyclic amines) is 1. The summed E-state index contributed by atoms with van der Waals surface area (Å²) in [5.41, 5.74) is 1.35. The molecule has 2 aromatic rings. The zero-order valence-corrected chi connectivity index (χ0v) is 14.3. The highest BCUT2D eigenvalue weighted by molar-refractivity contribution is 5.46. The number of piperidine rings is 1. The number of nitrogens with one attached hydrogen (secondary N) is 1. The van der Waals surface area contributed by atoms with E-state index in [0.717, 1.165) is 51.3 Å². The van der Waals surface area contributed by atoms with Crippen molar-refractivity contribution in [3.63, 3.8) is 0 Å². The zero-order valence-electron chi connectivity index (χ0n) is 14.3. The number of likely N-dealkylation sites (N-methyl/N-ethyl adjacent to an activating group) is 1. The fraction of sp³-hybridized carbons (Fsp3) is 0.526. The minimum Gasteiger partial charge on any atom is -0.373 e. The maximum absolute atomic E-state index is 6.33. The predicted molar refractivity (Wildman–Crippen MR) is 95.0 cm³/mol. The number of rotatable bonds is 4. The van der Waals surface area contributed by atoms with Crippen LogP contribution < -0.4 is 4.90 Å². The van der Waals surface area contributed by atoms with Crippen molar-refractivity contribution in [2.45, 2.75) is 37.5 Å². The molecule has 0 aliphatic carbocycles. The Morgan fingerprint density at radius 1 is 1.29 bits per heavy atom. The van der Waals surface area contributed by atoms with Gasteiger partial charge in [0.15, 0.2) is 0 Å². The first-order chi connectivity index (χ1) is 11.7. The number of anilines is 1. The lowest BCUT2D eigenvalue weighted by Gasteiger charge is -2.38. The summed E-state index contributed by atoms with van der Waals surface area (Å²) in [4.78, 5) is 12.4. The quantitative estimate of drug-likeness (QED) is 0.938. The molecule has 3 heterocycles. The number of para-hydroxylation sites is 1. The van der Waals surface area contributed by atoms with E-state index in [9.17, 15) is 0 Å². The molecule has 2 saturated heterocycles. The van der Waals surface area contributed by atoms with Crippen LogP contribution in [0.4, 0.5) is 5.69 Å². The second-order valence-electron chi connectivity index (χ2n) is 7.11. The zero-order chi connectivity index (χ0) is 16.4. The van der Waals surface area contributed by atoms with Crippen molar-refractivity contribution in [3.05, 3.63) is 48.5 Å². The Labute approximate surface area is 143 Å². The molecule has 0 radical (unpaired) electrons. The van der Waals surface area contributed by atoms with E-state index in [1.165, 1.54) is 5.69 Å². The van der Waals surface area contributed by atoms with Crippen molar-refractivity contribution in [2.75, 3.05) is 31.6 Å². The van der Waals surface area contributed by atoms with Gasteiger partial charge in [0.05, 0.1) is 24.8 Å². The molecule has 4 rings (SSSR count). The molecule has 2 aliphatic heterocycles. The number of aromatic nitrogens is 2. The molecule has 1 atom stereocenters.